The lowest BCUT2D eigenvalue weighted by atomic mass is 10.0. The molecule has 90 valence electrons. The predicted octanol–water partition coefficient (Wildman–Crippen LogP) is 3.23. The maximum atomic E-state index is 12.1. The van der Waals surface area contributed by atoms with Crippen molar-refractivity contribution < 1.29 is 0 Å². The van der Waals surface area contributed by atoms with Gasteiger partial charge in [0.2, 0.25) is 0 Å². The molecule has 0 spiro atoms. The maximum absolute atomic E-state index is 12.1. The Balaban J connectivity index is 2.32. The zero-order valence-electron chi connectivity index (χ0n) is 10.1. The number of fused-ring (bicyclic) bond motifs is 4. The summed E-state index contributed by atoms with van der Waals surface area (Å²) in [5.74, 6) is 0. The second-order valence-electron chi connectivity index (χ2n) is 4.59. The normalized spacial score (nSPS) is 11.4. The molecule has 0 fully saturated rings. The van der Waals surface area contributed by atoms with Crippen LogP contribution in [-0.4, -0.2) is 9.97 Å². The van der Waals surface area contributed by atoms with E-state index in [4.69, 9.17) is 0 Å². The molecule has 1 N–H and O–H groups in total. The van der Waals surface area contributed by atoms with E-state index in [0.717, 1.165) is 32.6 Å². The number of hydrogen-bond donors (Lipinski definition) is 1. The molecule has 0 aliphatic heterocycles. The minimum atomic E-state index is -0.0571. The summed E-state index contributed by atoms with van der Waals surface area (Å²) in [4.78, 5) is 19.3. The number of benzene rings is 2. The van der Waals surface area contributed by atoms with Crippen molar-refractivity contribution in [2.24, 2.45) is 0 Å². The van der Waals surface area contributed by atoms with Crippen molar-refractivity contribution >= 4 is 32.6 Å². The zero-order chi connectivity index (χ0) is 12.8. The second-order valence-corrected chi connectivity index (χ2v) is 4.59. The second kappa shape index (κ2) is 3.65. The van der Waals surface area contributed by atoms with E-state index in [1.54, 1.807) is 6.20 Å². The van der Waals surface area contributed by atoms with Gasteiger partial charge in [0.05, 0.1) is 11.0 Å². The molecule has 0 amide bonds. The first kappa shape index (κ1) is 10.3. The molecule has 0 saturated carbocycles. The minimum Gasteiger partial charge on any atom is -0.321 e. The van der Waals surface area contributed by atoms with Gasteiger partial charge in [-0.3, -0.25) is 9.78 Å². The van der Waals surface area contributed by atoms with Crippen molar-refractivity contribution in [1.82, 2.24) is 9.97 Å². The monoisotopic (exact) mass is 246 g/mol. The molecule has 2 aromatic carbocycles. The zero-order valence-corrected chi connectivity index (χ0v) is 10.1. The summed E-state index contributed by atoms with van der Waals surface area (Å²) < 4.78 is 0. The Labute approximate surface area is 108 Å². The van der Waals surface area contributed by atoms with Gasteiger partial charge in [0.15, 0.2) is 0 Å². The van der Waals surface area contributed by atoms with Crippen molar-refractivity contribution in [1.29, 1.82) is 0 Å². The Hall–Kier alpha value is -2.68. The number of H-pyrrole nitrogens is 1. The molecule has 0 aliphatic rings. The van der Waals surface area contributed by atoms with Gasteiger partial charge >= 0.3 is 0 Å². The van der Waals surface area contributed by atoms with Gasteiger partial charge in [-0.1, -0.05) is 24.3 Å². The van der Waals surface area contributed by atoms with Gasteiger partial charge in [-0.2, -0.15) is 0 Å². The molecule has 0 unspecified atom stereocenters. The predicted molar refractivity (Wildman–Crippen MR) is 77.4 cm³/mol. The number of aromatic amines is 1. The number of rotatable bonds is 0. The van der Waals surface area contributed by atoms with Crippen molar-refractivity contribution in [3.05, 3.63) is 65.1 Å². The minimum absolute atomic E-state index is 0.0571. The molecule has 4 aromatic rings. The Morgan fingerprint density at radius 2 is 1.74 bits per heavy atom. The highest BCUT2D eigenvalue weighted by Gasteiger charge is 2.06. The molecule has 19 heavy (non-hydrogen) atoms. The lowest BCUT2D eigenvalue weighted by Crippen LogP contribution is -2.06. The Morgan fingerprint density at radius 3 is 2.63 bits per heavy atom. The fourth-order valence-electron chi connectivity index (χ4n) is 2.55. The quantitative estimate of drug-likeness (QED) is 0.382. The fourth-order valence-corrected chi connectivity index (χ4v) is 2.55. The third-order valence-corrected chi connectivity index (χ3v) is 3.45. The van der Waals surface area contributed by atoms with Crippen molar-refractivity contribution in [2.45, 2.75) is 0 Å². The van der Waals surface area contributed by atoms with Crippen LogP contribution in [0.5, 0.6) is 0 Å². The first-order chi connectivity index (χ1) is 9.33. The van der Waals surface area contributed by atoms with Crippen LogP contribution in [0.2, 0.25) is 0 Å². The van der Waals surface area contributed by atoms with Gasteiger partial charge < -0.3 is 4.98 Å². The van der Waals surface area contributed by atoms with Crippen LogP contribution in [0, 0.1) is 0 Å². The molecule has 2 heterocycles. The number of pyridine rings is 2. The maximum Gasteiger partial charge on any atom is 0.256 e. The van der Waals surface area contributed by atoms with Gasteiger partial charge in [0, 0.05) is 22.4 Å². The summed E-state index contributed by atoms with van der Waals surface area (Å²) >= 11 is 0. The molecule has 0 saturated heterocycles. The number of nitrogens with one attached hydrogen (secondary N) is 1. The van der Waals surface area contributed by atoms with Crippen LogP contribution in [0.4, 0.5) is 0 Å². The Morgan fingerprint density at radius 1 is 0.895 bits per heavy atom. The smallest absolute Gasteiger partial charge is 0.256 e. The van der Waals surface area contributed by atoms with Crippen molar-refractivity contribution in [2.75, 3.05) is 0 Å². The number of nitrogens with zero attached hydrogens (tertiary/aromatic N) is 1. The first-order valence-corrected chi connectivity index (χ1v) is 6.12. The average molecular weight is 246 g/mol. The standard InChI is InChI=1S/C16H10N2O/c19-16-12-6-2-1-5-11(12)13-8-10-4-3-7-17-14(10)9-15(13)18-16/h1-9H,(H,18,19). The molecule has 0 atom stereocenters. The van der Waals surface area contributed by atoms with Crippen LogP contribution in [0.3, 0.4) is 0 Å². The van der Waals surface area contributed by atoms with Gasteiger partial charge in [0.25, 0.3) is 5.56 Å². The van der Waals surface area contributed by atoms with E-state index in [9.17, 15) is 4.79 Å². The summed E-state index contributed by atoms with van der Waals surface area (Å²) in [6.45, 7) is 0. The Kier molecular flexibility index (Phi) is 1.97. The lowest BCUT2D eigenvalue weighted by molar-refractivity contribution is 1.34. The van der Waals surface area contributed by atoms with E-state index < -0.39 is 0 Å². The van der Waals surface area contributed by atoms with E-state index in [2.05, 4.69) is 16.0 Å². The lowest BCUT2D eigenvalue weighted by Gasteiger charge is -2.05. The summed E-state index contributed by atoms with van der Waals surface area (Å²) in [6.07, 6.45) is 1.76. The molecule has 0 bridgehead atoms. The third kappa shape index (κ3) is 1.45. The number of hydrogen-bond acceptors (Lipinski definition) is 2. The number of aromatic nitrogens is 2. The average Bonchev–Trinajstić information content (AvgIpc) is 2.46. The molecule has 4 rings (SSSR count). The summed E-state index contributed by atoms with van der Waals surface area (Å²) in [5, 5.41) is 3.83. The molecular weight excluding hydrogens is 236 g/mol. The molecule has 3 nitrogen and oxygen atoms in total. The summed E-state index contributed by atoms with van der Waals surface area (Å²) in [7, 11) is 0. The van der Waals surface area contributed by atoms with Gasteiger partial charge in [-0.25, -0.2) is 0 Å². The van der Waals surface area contributed by atoms with Crippen LogP contribution in [0.1, 0.15) is 0 Å². The molecule has 0 aliphatic carbocycles. The SMILES string of the molecule is O=c1[nH]c2cc3ncccc3cc2c2ccccc12. The van der Waals surface area contributed by atoms with E-state index in [-0.39, 0.29) is 5.56 Å². The third-order valence-electron chi connectivity index (χ3n) is 3.45. The summed E-state index contributed by atoms with van der Waals surface area (Å²) in [5.41, 5.74) is 1.66. The Bertz CT molecular complexity index is 986. The van der Waals surface area contributed by atoms with E-state index in [1.807, 2.05) is 42.5 Å². The topological polar surface area (TPSA) is 45.8 Å². The van der Waals surface area contributed by atoms with E-state index in [1.165, 1.54) is 0 Å². The van der Waals surface area contributed by atoms with Crippen LogP contribution >= 0.6 is 0 Å². The van der Waals surface area contributed by atoms with E-state index in [0.29, 0.717) is 0 Å². The molecule has 3 heteroatoms. The van der Waals surface area contributed by atoms with E-state index >= 15 is 0 Å². The highest BCUT2D eigenvalue weighted by atomic mass is 16.1. The van der Waals surface area contributed by atoms with Crippen molar-refractivity contribution in [3.8, 4) is 0 Å². The molecule has 0 radical (unpaired) electrons. The summed E-state index contributed by atoms with van der Waals surface area (Å²) in [6, 6.07) is 15.6. The highest BCUT2D eigenvalue weighted by molar-refractivity contribution is 6.09. The fraction of sp³-hybridized carbons (Fsp3) is 0. The first-order valence-electron chi connectivity index (χ1n) is 6.12. The van der Waals surface area contributed by atoms with Gasteiger partial charge in [0.1, 0.15) is 0 Å². The van der Waals surface area contributed by atoms with Crippen molar-refractivity contribution in [3.63, 3.8) is 0 Å². The van der Waals surface area contributed by atoms with Crippen LogP contribution < -0.4 is 5.56 Å². The van der Waals surface area contributed by atoms with Crippen LogP contribution in [0.25, 0.3) is 32.6 Å². The van der Waals surface area contributed by atoms with Gasteiger partial charge in [-0.05, 0) is 29.7 Å². The van der Waals surface area contributed by atoms with Crippen LogP contribution in [-0.2, 0) is 0 Å². The molecule has 2 aromatic heterocycles. The van der Waals surface area contributed by atoms with Gasteiger partial charge in [-0.15, -0.1) is 0 Å². The largest absolute Gasteiger partial charge is 0.321 e. The highest BCUT2D eigenvalue weighted by Crippen LogP contribution is 2.25. The molecular formula is C16H10N2O. The van der Waals surface area contributed by atoms with Crippen LogP contribution in [0.15, 0.2) is 59.5 Å².